The maximum Gasteiger partial charge on any atom is 0.191 e. The lowest BCUT2D eigenvalue weighted by molar-refractivity contribution is 0.167. The molecule has 0 unspecified atom stereocenters. The number of piperidine rings is 1. The third-order valence-electron chi connectivity index (χ3n) is 5.59. The van der Waals surface area contributed by atoms with Gasteiger partial charge in [-0.05, 0) is 64.2 Å². The lowest BCUT2D eigenvalue weighted by Gasteiger charge is -2.35. The molecular weight excluding hydrogens is 334 g/mol. The first-order chi connectivity index (χ1) is 13.1. The molecule has 0 amide bonds. The molecule has 27 heavy (non-hydrogen) atoms. The van der Waals surface area contributed by atoms with Crippen LogP contribution in [0.5, 0.6) is 0 Å². The first-order valence-electron chi connectivity index (χ1n) is 10.4. The zero-order valence-electron chi connectivity index (χ0n) is 17.3. The zero-order valence-corrected chi connectivity index (χ0v) is 17.3. The van der Waals surface area contributed by atoms with Crippen LogP contribution >= 0.6 is 0 Å². The Morgan fingerprint density at radius 1 is 1.30 bits per heavy atom. The van der Waals surface area contributed by atoms with Crippen LogP contribution in [0.25, 0.3) is 10.9 Å². The van der Waals surface area contributed by atoms with Crippen molar-refractivity contribution in [3.63, 3.8) is 0 Å². The number of hydrogen-bond donors (Lipinski definition) is 3. The van der Waals surface area contributed by atoms with Gasteiger partial charge in [0.25, 0.3) is 0 Å². The predicted octanol–water partition coefficient (Wildman–Crippen LogP) is 3.45. The number of aromatic amines is 1. The Kier molecular flexibility index (Phi) is 6.78. The third kappa shape index (κ3) is 5.04. The molecule has 5 nitrogen and oxygen atoms in total. The van der Waals surface area contributed by atoms with Crippen molar-refractivity contribution in [3.8, 4) is 0 Å². The number of rotatable bonds is 6. The van der Waals surface area contributed by atoms with Crippen LogP contribution in [-0.4, -0.2) is 54.1 Å². The Hall–Kier alpha value is -2.01. The molecule has 3 N–H and O–H groups in total. The fraction of sp³-hybridized carbons (Fsp3) is 0.591. The van der Waals surface area contributed by atoms with Gasteiger partial charge in [-0.15, -0.1) is 0 Å². The molecule has 1 saturated heterocycles. The normalized spacial score (nSPS) is 17.0. The van der Waals surface area contributed by atoms with Gasteiger partial charge in [0.05, 0.1) is 0 Å². The fourth-order valence-corrected chi connectivity index (χ4v) is 4.01. The summed E-state index contributed by atoms with van der Waals surface area (Å²) in [5.74, 6) is 0.956. The molecule has 0 bridgehead atoms. The van der Waals surface area contributed by atoms with Gasteiger partial charge in [-0.1, -0.05) is 12.1 Å². The molecule has 1 aromatic carbocycles. The Balaban J connectivity index is 1.57. The Morgan fingerprint density at radius 3 is 2.78 bits per heavy atom. The Morgan fingerprint density at radius 2 is 2.07 bits per heavy atom. The van der Waals surface area contributed by atoms with Crippen LogP contribution in [0.4, 0.5) is 0 Å². The smallest absolute Gasteiger partial charge is 0.191 e. The van der Waals surface area contributed by atoms with Gasteiger partial charge in [0.1, 0.15) is 0 Å². The van der Waals surface area contributed by atoms with Crippen LogP contribution in [0.3, 0.4) is 0 Å². The topological polar surface area (TPSA) is 55.5 Å². The van der Waals surface area contributed by atoms with Crippen LogP contribution in [0.1, 0.15) is 44.7 Å². The van der Waals surface area contributed by atoms with Crippen molar-refractivity contribution in [1.29, 1.82) is 0 Å². The van der Waals surface area contributed by atoms with E-state index in [1.54, 1.807) is 0 Å². The molecule has 0 spiro atoms. The summed E-state index contributed by atoms with van der Waals surface area (Å²) in [6.07, 6.45) is 5.46. The van der Waals surface area contributed by atoms with E-state index in [1.165, 1.54) is 48.0 Å². The van der Waals surface area contributed by atoms with Crippen LogP contribution in [0.2, 0.25) is 0 Å². The van der Waals surface area contributed by atoms with Gasteiger partial charge in [0.2, 0.25) is 0 Å². The highest BCUT2D eigenvalue weighted by atomic mass is 15.2. The fourth-order valence-electron chi connectivity index (χ4n) is 4.01. The van der Waals surface area contributed by atoms with Crippen LogP contribution < -0.4 is 10.6 Å². The Bertz CT molecular complexity index is 753. The molecule has 1 aliphatic rings. The minimum absolute atomic E-state index is 0.521. The van der Waals surface area contributed by atoms with Gasteiger partial charge < -0.3 is 20.5 Å². The van der Waals surface area contributed by atoms with E-state index in [4.69, 9.17) is 4.99 Å². The number of aryl methyl sites for hydroxylation is 1. The van der Waals surface area contributed by atoms with Crippen molar-refractivity contribution in [2.45, 2.75) is 59.0 Å². The maximum absolute atomic E-state index is 4.84. The zero-order chi connectivity index (χ0) is 19.2. The molecule has 0 atom stereocenters. The monoisotopic (exact) mass is 369 g/mol. The van der Waals surface area contributed by atoms with Crippen molar-refractivity contribution in [1.82, 2.24) is 20.5 Å². The molecule has 1 aromatic heterocycles. The van der Waals surface area contributed by atoms with Gasteiger partial charge in [0.15, 0.2) is 5.96 Å². The number of hydrogen-bond acceptors (Lipinski definition) is 2. The summed E-state index contributed by atoms with van der Waals surface area (Å²) >= 11 is 0. The van der Waals surface area contributed by atoms with E-state index >= 15 is 0 Å². The number of nitrogens with zero attached hydrogens (tertiary/aromatic N) is 2. The quantitative estimate of drug-likeness (QED) is 0.540. The molecule has 1 fully saturated rings. The van der Waals surface area contributed by atoms with Crippen molar-refractivity contribution < 1.29 is 0 Å². The van der Waals surface area contributed by atoms with Crippen molar-refractivity contribution >= 4 is 16.9 Å². The van der Waals surface area contributed by atoms with Gasteiger partial charge in [-0.25, -0.2) is 0 Å². The number of H-pyrrole nitrogens is 1. The molecule has 0 aliphatic carbocycles. The number of likely N-dealkylation sites (tertiary alicyclic amines) is 1. The minimum atomic E-state index is 0.521. The standard InChI is InChI=1S/C22H35N5/c1-5-23-22(26-19-10-13-27(14-11-19)16(2)3)24-12-9-18-15-25-20-8-6-7-17(4)21(18)20/h6-8,15-16,19,25H,5,9-14H2,1-4H3,(H2,23,24,26). The van der Waals surface area contributed by atoms with Crippen molar-refractivity contribution in [2.75, 3.05) is 26.2 Å². The number of guanidine groups is 1. The van der Waals surface area contributed by atoms with Crippen molar-refractivity contribution in [2.24, 2.45) is 4.99 Å². The molecule has 0 saturated carbocycles. The second-order valence-corrected chi connectivity index (χ2v) is 7.87. The molecule has 2 heterocycles. The number of aromatic nitrogens is 1. The second-order valence-electron chi connectivity index (χ2n) is 7.87. The highest BCUT2D eigenvalue weighted by Gasteiger charge is 2.21. The van der Waals surface area contributed by atoms with E-state index in [1.807, 2.05) is 0 Å². The van der Waals surface area contributed by atoms with E-state index in [0.717, 1.165) is 25.5 Å². The number of nitrogens with one attached hydrogen (secondary N) is 3. The molecule has 2 aromatic rings. The number of aliphatic imine (C=N–C) groups is 1. The summed E-state index contributed by atoms with van der Waals surface area (Å²) in [4.78, 5) is 10.8. The van der Waals surface area contributed by atoms with Crippen LogP contribution in [0, 0.1) is 6.92 Å². The average Bonchev–Trinajstić information content (AvgIpc) is 3.07. The summed E-state index contributed by atoms with van der Waals surface area (Å²) in [5, 5.41) is 8.41. The highest BCUT2D eigenvalue weighted by molar-refractivity contribution is 5.86. The molecular formula is C22H35N5. The Labute approximate surface area is 163 Å². The number of fused-ring (bicyclic) bond motifs is 1. The lowest BCUT2D eigenvalue weighted by atomic mass is 10.0. The summed E-state index contributed by atoms with van der Waals surface area (Å²) in [6, 6.07) is 7.59. The predicted molar refractivity (Wildman–Crippen MR) is 116 cm³/mol. The maximum atomic E-state index is 4.84. The lowest BCUT2D eigenvalue weighted by Crippen LogP contribution is -2.49. The van der Waals surface area contributed by atoms with Gasteiger partial charge in [-0.3, -0.25) is 4.99 Å². The summed E-state index contributed by atoms with van der Waals surface area (Å²) in [5.41, 5.74) is 3.90. The van der Waals surface area contributed by atoms with Gasteiger partial charge >= 0.3 is 0 Å². The first kappa shape index (κ1) is 19.7. The molecule has 148 valence electrons. The second kappa shape index (κ2) is 9.27. The summed E-state index contributed by atoms with van der Waals surface area (Å²) < 4.78 is 0. The largest absolute Gasteiger partial charge is 0.361 e. The molecule has 5 heteroatoms. The third-order valence-corrected chi connectivity index (χ3v) is 5.59. The van der Waals surface area contributed by atoms with E-state index in [9.17, 15) is 0 Å². The molecule has 3 rings (SSSR count). The molecule has 1 aliphatic heterocycles. The van der Waals surface area contributed by atoms with E-state index in [-0.39, 0.29) is 0 Å². The molecule has 0 radical (unpaired) electrons. The van der Waals surface area contributed by atoms with Gasteiger partial charge in [0, 0.05) is 55.4 Å². The number of benzene rings is 1. The minimum Gasteiger partial charge on any atom is -0.361 e. The van der Waals surface area contributed by atoms with E-state index in [0.29, 0.717) is 12.1 Å². The average molecular weight is 370 g/mol. The van der Waals surface area contributed by atoms with Gasteiger partial charge in [-0.2, -0.15) is 0 Å². The SMILES string of the molecule is CCNC(=NCCc1c[nH]c2cccc(C)c12)NC1CCN(C(C)C)CC1. The van der Waals surface area contributed by atoms with Crippen LogP contribution in [0.15, 0.2) is 29.4 Å². The first-order valence-corrected chi connectivity index (χ1v) is 10.4. The van der Waals surface area contributed by atoms with Crippen LogP contribution in [-0.2, 0) is 6.42 Å². The highest BCUT2D eigenvalue weighted by Crippen LogP contribution is 2.22. The van der Waals surface area contributed by atoms with E-state index in [2.05, 4.69) is 72.6 Å². The summed E-state index contributed by atoms with van der Waals surface area (Å²) in [7, 11) is 0. The summed E-state index contributed by atoms with van der Waals surface area (Å²) in [6.45, 7) is 12.9. The van der Waals surface area contributed by atoms with Crippen molar-refractivity contribution in [3.05, 3.63) is 35.5 Å². The van der Waals surface area contributed by atoms with E-state index < -0.39 is 0 Å².